The van der Waals surface area contributed by atoms with E-state index < -0.39 is 0 Å². The molecule has 1 fully saturated rings. The van der Waals surface area contributed by atoms with Crippen LogP contribution in [0.3, 0.4) is 0 Å². The maximum atomic E-state index is 12.0. The van der Waals surface area contributed by atoms with Gasteiger partial charge in [-0.15, -0.1) is 0 Å². The lowest BCUT2D eigenvalue weighted by Gasteiger charge is -2.24. The molecule has 1 unspecified atom stereocenters. The van der Waals surface area contributed by atoms with E-state index in [1.807, 2.05) is 37.2 Å². The lowest BCUT2D eigenvalue weighted by Crippen LogP contribution is -2.36. The lowest BCUT2D eigenvalue weighted by atomic mass is 10.1. The summed E-state index contributed by atoms with van der Waals surface area (Å²) >= 11 is 0. The molecular weight excluding hydrogens is 270 g/mol. The SMILES string of the molecule is CNC(CN1CCN(C)C1=O)c1ccc(OC)c(OC)c1. The van der Waals surface area contributed by atoms with Crippen LogP contribution in [0.25, 0.3) is 0 Å². The average Bonchev–Trinajstić information content (AvgIpc) is 2.83. The Labute approximate surface area is 125 Å². The van der Waals surface area contributed by atoms with Gasteiger partial charge in [-0.2, -0.15) is 0 Å². The van der Waals surface area contributed by atoms with Crippen molar-refractivity contribution in [3.63, 3.8) is 0 Å². The predicted molar refractivity (Wildman–Crippen MR) is 80.9 cm³/mol. The number of ether oxygens (including phenoxy) is 2. The highest BCUT2D eigenvalue weighted by atomic mass is 16.5. The van der Waals surface area contributed by atoms with E-state index >= 15 is 0 Å². The minimum Gasteiger partial charge on any atom is -0.493 e. The molecule has 0 aliphatic carbocycles. The average molecular weight is 293 g/mol. The second-order valence-corrected chi connectivity index (χ2v) is 5.11. The Morgan fingerprint density at radius 1 is 1.24 bits per heavy atom. The standard InChI is InChI=1S/C15H23N3O3/c1-16-12(10-18-8-7-17(2)15(18)19)11-5-6-13(20-3)14(9-11)21-4/h5-6,9,12,16H,7-8,10H2,1-4H3. The topological polar surface area (TPSA) is 54.0 Å². The highest BCUT2D eigenvalue weighted by Gasteiger charge is 2.27. The fourth-order valence-electron chi connectivity index (χ4n) is 2.53. The van der Waals surface area contributed by atoms with Gasteiger partial charge in [-0.25, -0.2) is 4.79 Å². The summed E-state index contributed by atoms with van der Waals surface area (Å²) in [4.78, 5) is 15.6. The summed E-state index contributed by atoms with van der Waals surface area (Å²) in [5, 5.41) is 3.26. The molecule has 1 saturated heterocycles. The number of hydrogen-bond acceptors (Lipinski definition) is 4. The Morgan fingerprint density at radius 3 is 2.48 bits per heavy atom. The first-order valence-corrected chi connectivity index (χ1v) is 7.00. The Kier molecular flexibility index (Phi) is 4.90. The third-order valence-electron chi connectivity index (χ3n) is 3.86. The van der Waals surface area contributed by atoms with Crippen molar-refractivity contribution in [1.29, 1.82) is 0 Å². The first kappa shape index (κ1) is 15.4. The van der Waals surface area contributed by atoms with Gasteiger partial charge in [0, 0.05) is 32.7 Å². The zero-order valence-corrected chi connectivity index (χ0v) is 13.0. The quantitative estimate of drug-likeness (QED) is 0.860. The molecule has 1 aromatic rings. The molecule has 0 bridgehead atoms. The smallest absolute Gasteiger partial charge is 0.319 e. The van der Waals surface area contributed by atoms with Gasteiger partial charge in [0.1, 0.15) is 0 Å². The summed E-state index contributed by atoms with van der Waals surface area (Å²) in [5.74, 6) is 1.40. The number of nitrogens with one attached hydrogen (secondary N) is 1. The van der Waals surface area contributed by atoms with E-state index in [4.69, 9.17) is 9.47 Å². The van der Waals surface area contributed by atoms with Crippen molar-refractivity contribution < 1.29 is 14.3 Å². The molecule has 21 heavy (non-hydrogen) atoms. The molecule has 1 heterocycles. The Morgan fingerprint density at radius 2 is 1.95 bits per heavy atom. The van der Waals surface area contributed by atoms with Gasteiger partial charge in [0.15, 0.2) is 11.5 Å². The predicted octanol–water partition coefficient (Wildman–Crippen LogP) is 1.33. The number of methoxy groups -OCH3 is 2. The number of nitrogens with zero attached hydrogens (tertiary/aromatic N) is 2. The molecule has 116 valence electrons. The molecule has 0 spiro atoms. The van der Waals surface area contributed by atoms with Crippen molar-refractivity contribution in [2.24, 2.45) is 0 Å². The van der Waals surface area contributed by atoms with E-state index in [0.29, 0.717) is 18.0 Å². The minimum atomic E-state index is 0.0558. The van der Waals surface area contributed by atoms with Gasteiger partial charge in [-0.3, -0.25) is 0 Å². The molecule has 2 amide bonds. The lowest BCUT2D eigenvalue weighted by molar-refractivity contribution is 0.194. The van der Waals surface area contributed by atoms with Gasteiger partial charge in [-0.1, -0.05) is 6.07 Å². The summed E-state index contributed by atoms with van der Waals surface area (Å²) in [6.07, 6.45) is 0. The van der Waals surface area contributed by atoms with Crippen molar-refractivity contribution in [1.82, 2.24) is 15.1 Å². The van der Waals surface area contributed by atoms with Crippen LogP contribution >= 0.6 is 0 Å². The van der Waals surface area contributed by atoms with E-state index in [9.17, 15) is 4.79 Å². The van der Waals surface area contributed by atoms with Gasteiger partial charge in [0.25, 0.3) is 0 Å². The number of carbonyl (C=O) groups is 1. The summed E-state index contributed by atoms with van der Waals surface area (Å²) in [6, 6.07) is 5.96. The van der Waals surface area contributed by atoms with Crippen molar-refractivity contribution in [3.8, 4) is 11.5 Å². The van der Waals surface area contributed by atoms with E-state index in [2.05, 4.69) is 5.32 Å². The molecule has 1 aliphatic heterocycles. The van der Waals surface area contributed by atoms with E-state index in [-0.39, 0.29) is 12.1 Å². The van der Waals surface area contributed by atoms with Crippen LogP contribution in [-0.2, 0) is 0 Å². The second kappa shape index (κ2) is 6.67. The molecule has 6 heteroatoms. The summed E-state index contributed by atoms with van der Waals surface area (Å²) in [5.41, 5.74) is 1.07. The molecule has 6 nitrogen and oxygen atoms in total. The molecule has 2 rings (SSSR count). The van der Waals surface area contributed by atoms with E-state index in [1.165, 1.54) is 0 Å². The molecule has 1 aromatic carbocycles. The number of amides is 2. The van der Waals surface area contributed by atoms with E-state index in [1.54, 1.807) is 19.1 Å². The zero-order chi connectivity index (χ0) is 15.4. The number of likely N-dealkylation sites (N-methyl/N-ethyl adjacent to an activating group) is 2. The number of hydrogen-bond donors (Lipinski definition) is 1. The van der Waals surface area contributed by atoms with Gasteiger partial charge in [-0.05, 0) is 24.7 Å². The fourth-order valence-corrected chi connectivity index (χ4v) is 2.53. The molecule has 1 aliphatic rings. The maximum Gasteiger partial charge on any atom is 0.319 e. The molecule has 1 N–H and O–H groups in total. The van der Waals surface area contributed by atoms with Gasteiger partial charge < -0.3 is 24.6 Å². The molecular formula is C15H23N3O3. The molecule has 0 radical (unpaired) electrons. The van der Waals surface area contributed by atoms with Crippen LogP contribution in [0.15, 0.2) is 18.2 Å². The highest BCUT2D eigenvalue weighted by molar-refractivity contribution is 5.76. The Bertz CT molecular complexity index is 507. The molecule has 0 saturated carbocycles. The summed E-state index contributed by atoms with van der Waals surface area (Å²) in [7, 11) is 6.96. The number of benzene rings is 1. The Hall–Kier alpha value is -1.95. The third-order valence-corrected chi connectivity index (χ3v) is 3.86. The first-order valence-electron chi connectivity index (χ1n) is 7.00. The van der Waals surface area contributed by atoms with Crippen LogP contribution < -0.4 is 14.8 Å². The van der Waals surface area contributed by atoms with Crippen LogP contribution in [0.1, 0.15) is 11.6 Å². The fraction of sp³-hybridized carbons (Fsp3) is 0.533. The van der Waals surface area contributed by atoms with Gasteiger partial charge in [0.2, 0.25) is 0 Å². The number of carbonyl (C=O) groups excluding carboxylic acids is 1. The van der Waals surface area contributed by atoms with Crippen LogP contribution in [0, 0.1) is 0 Å². The monoisotopic (exact) mass is 293 g/mol. The van der Waals surface area contributed by atoms with Crippen LogP contribution in [0.5, 0.6) is 11.5 Å². The van der Waals surface area contributed by atoms with Crippen LogP contribution in [0.4, 0.5) is 4.79 Å². The van der Waals surface area contributed by atoms with Crippen molar-refractivity contribution in [2.75, 3.05) is 47.9 Å². The van der Waals surface area contributed by atoms with E-state index in [0.717, 1.165) is 18.7 Å². The Balaban J connectivity index is 2.16. The van der Waals surface area contributed by atoms with Gasteiger partial charge in [0.05, 0.1) is 14.2 Å². The first-order chi connectivity index (χ1) is 10.1. The normalized spacial score (nSPS) is 16.3. The molecule has 0 aromatic heterocycles. The minimum absolute atomic E-state index is 0.0558. The summed E-state index contributed by atoms with van der Waals surface area (Å²) in [6.45, 7) is 2.18. The maximum absolute atomic E-state index is 12.0. The van der Waals surface area contributed by atoms with Crippen LogP contribution in [-0.4, -0.2) is 63.8 Å². The van der Waals surface area contributed by atoms with Crippen molar-refractivity contribution >= 4 is 6.03 Å². The third kappa shape index (κ3) is 3.21. The second-order valence-electron chi connectivity index (χ2n) is 5.11. The van der Waals surface area contributed by atoms with Crippen molar-refractivity contribution in [2.45, 2.75) is 6.04 Å². The largest absolute Gasteiger partial charge is 0.493 e. The molecule has 1 atom stereocenters. The van der Waals surface area contributed by atoms with Gasteiger partial charge >= 0.3 is 6.03 Å². The number of rotatable bonds is 6. The highest BCUT2D eigenvalue weighted by Crippen LogP contribution is 2.30. The number of urea groups is 1. The van der Waals surface area contributed by atoms with Crippen molar-refractivity contribution in [3.05, 3.63) is 23.8 Å². The zero-order valence-electron chi connectivity index (χ0n) is 13.0. The van der Waals surface area contributed by atoms with Crippen LogP contribution in [0.2, 0.25) is 0 Å². The summed E-state index contributed by atoms with van der Waals surface area (Å²) < 4.78 is 10.6.